The van der Waals surface area contributed by atoms with Crippen LogP contribution in [-0.4, -0.2) is 23.5 Å². The molecule has 5 nitrogen and oxygen atoms in total. The first-order chi connectivity index (χ1) is 12.3. The Labute approximate surface area is 152 Å². The first kappa shape index (κ1) is 18.0. The van der Waals surface area contributed by atoms with E-state index < -0.39 is 17.9 Å². The Morgan fingerprint density at radius 2 is 2.08 bits per heavy atom. The third-order valence-electron chi connectivity index (χ3n) is 3.94. The molecule has 1 saturated heterocycles. The summed E-state index contributed by atoms with van der Waals surface area (Å²) in [7, 11) is 0. The van der Waals surface area contributed by atoms with E-state index in [0.717, 1.165) is 12.1 Å². The summed E-state index contributed by atoms with van der Waals surface area (Å²) >= 11 is 5.93. The first-order valence-corrected chi connectivity index (χ1v) is 7.99. The van der Waals surface area contributed by atoms with Gasteiger partial charge in [-0.3, -0.25) is 4.79 Å². The molecule has 26 heavy (non-hydrogen) atoms. The zero-order valence-electron chi connectivity index (χ0n) is 13.2. The number of pyridine rings is 1. The minimum atomic E-state index is -4.64. The number of nitrogens with one attached hydrogen (secondary N) is 1. The van der Waals surface area contributed by atoms with Gasteiger partial charge in [0.25, 0.3) is 0 Å². The zero-order chi connectivity index (χ0) is 18.9. The molecule has 2 heterocycles. The van der Waals surface area contributed by atoms with Crippen LogP contribution in [0.4, 0.5) is 24.7 Å². The number of rotatable bonds is 3. The molecule has 1 aromatic heterocycles. The minimum Gasteiger partial charge on any atom is -0.357 e. The Bertz CT molecular complexity index is 894. The third-order valence-corrected chi connectivity index (χ3v) is 4.18. The lowest BCUT2D eigenvalue weighted by Gasteiger charge is -2.18. The molecule has 1 aliphatic rings. The summed E-state index contributed by atoms with van der Waals surface area (Å²) in [5.41, 5.74) is -0.590. The van der Waals surface area contributed by atoms with Crippen molar-refractivity contribution in [2.45, 2.75) is 18.6 Å². The lowest BCUT2D eigenvalue weighted by molar-refractivity contribution is -0.141. The number of halogens is 4. The van der Waals surface area contributed by atoms with Crippen LogP contribution in [0.15, 0.2) is 36.4 Å². The Kier molecular flexibility index (Phi) is 4.74. The molecular weight excluding hydrogens is 369 g/mol. The first-order valence-electron chi connectivity index (χ1n) is 7.61. The molecule has 0 spiro atoms. The van der Waals surface area contributed by atoms with Gasteiger partial charge in [-0.1, -0.05) is 17.7 Å². The summed E-state index contributed by atoms with van der Waals surface area (Å²) < 4.78 is 38.6. The van der Waals surface area contributed by atoms with Crippen LogP contribution in [0, 0.1) is 11.3 Å². The van der Waals surface area contributed by atoms with E-state index in [1.165, 1.54) is 4.90 Å². The van der Waals surface area contributed by atoms with E-state index in [0.29, 0.717) is 23.7 Å². The van der Waals surface area contributed by atoms with Gasteiger partial charge in [-0.2, -0.15) is 18.4 Å². The maximum absolute atomic E-state index is 12.9. The number of carbonyl (C=O) groups excluding carboxylic acids is 1. The molecule has 0 aliphatic carbocycles. The van der Waals surface area contributed by atoms with Crippen molar-refractivity contribution in [2.24, 2.45) is 0 Å². The number of anilines is 2. The van der Waals surface area contributed by atoms with Gasteiger partial charge in [-0.25, -0.2) is 4.98 Å². The summed E-state index contributed by atoms with van der Waals surface area (Å²) in [6.07, 6.45) is -4.29. The minimum absolute atomic E-state index is 0.0630. The number of nitriles is 1. The molecule has 3 rings (SSSR count). The van der Waals surface area contributed by atoms with Crippen LogP contribution in [0.25, 0.3) is 0 Å². The molecule has 134 valence electrons. The smallest absolute Gasteiger partial charge is 0.357 e. The highest BCUT2D eigenvalue weighted by Gasteiger charge is 2.36. The maximum atomic E-state index is 12.9. The summed E-state index contributed by atoms with van der Waals surface area (Å²) in [4.78, 5) is 17.6. The molecule has 0 saturated carbocycles. The van der Waals surface area contributed by atoms with Crippen molar-refractivity contribution >= 4 is 29.0 Å². The maximum Gasteiger partial charge on any atom is 0.433 e. The fourth-order valence-corrected chi connectivity index (χ4v) is 2.88. The molecule has 1 fully saturated rings. The number of amides is 1. The Morgan fingerprint density at radius 3 is 2.73 bits per heavy atom. The van der Waals surface area contributed by atoms with Crippen LogP contribution in [0.5, 0.6) is 0 Å². The Balaban J connectivity index is 1.84. The summed E-state index contributed by atoms with van der Waals surface area (Å²) in [6, 6.07) is 9.49. The molecule has 1 N–H and O–H groups in total. The number of hydrogen-bond acceptors (Lipinski definition) is 4. The summed E-state index contributed by atoms with van der Waals surface area (Å²) in [5.74, 6) is -0.580. The number of carbonyl (C=O) groups is 1. The van der Waals surface area contributed by atoms with E-state index in [9.17, 15) is 18.0 Å². The Hall–Kier alpha value is -2.79. The molecule has 1 aliphatic heterocycles. The number of nitrogens with zero attached hydrogens (tertiary/aromatic N) is 3. The van der Waals surface area contributed by atoms with Gasteiger partial charge < -0.3 is 10.2 Å². The van der Waals surface area contributed by atoms with Crippen molar-refractivity contribution in [3.8, 4) is 6.07 Å². The highest BCUT2D eigenvalue weighted by Crippen LogP contribution is 2.31. The highest BCUT2D eigenvalue weighted by molar-refractivity contribution is 6.31. The van der Waals surface area contributed by atoms with Crippen molar-refractivity contribution < 1.29 is 18.0 Å². The predicted molar refractivity (Wildman–Crippen MR) is 89.8 cm³/mol. The van der Waals surface area contributed by atoms with Crippen LogP contribution in [0.2, 0.25) is 5.02 Å². The zero-order valence-corrected chi connectivity index (χ0v) is 14.0. The second-order valence-electron chi connectivity index (χ2n) is 5.66. The van der Waals surface area contributed by atoms with Gasteiger partial charge >= 0.3 is 6.18 Å². The van der Waals surface area contributed by atoms with Crippen LogP contribution in [0.3, 0.4) is 0 Å². The van der Waals surface area contributed by atoms with E-state index in [1.54, 1.807) is 30.3 Å². The Morgan fingerprint density at radius 1 is 1.31 bits per heavy atom. The van der Waals surface area contributed by atoms with E-state index in [2.05, 4.69) is 10.3 Å². The molecule has 2 aromatic rings. The monoisotopic (exact) mass is 380 g/mol. The number of alkyl halides is 3. The van der Waals surface area contributed by atoms with Crippen molar-refractivity contribution in [1.82, 2.24) is 4.98 Å². The number of benzene rings is 1. The summed E-state index contributed by atoms with van der Waals surface area (Å²) in [6.45, 7) is 0.373. The van der Waals surface area contributed by atoms with Gasteiger partial charge in [0.05, 0.1) is 5.56 Å². The van der Waals surface area contributed by atoms with Crippen LogP contribution < -0.4 is 10.2 Å². The van der Waals surface area contributed by atoms with Crippen molar-refractivity contribution in [3.63, 3.8) is 0 Å². The molecular formula is C17H12ClF3N4O. The topological polar surface area (TPSA) is 69.0 Å². The van der Waals surface area contributed by atoms with Gasteiger partial charge in [0.2, 0.25) is 5.91 Å². The number of aromatic nitrogens is 1. The molecule has 9 heteroatoms. The second kappa shape index (κ2) is 6.84. The normalized spacial score (nSPS) is 17.3. The van der Waals surface area contributed by atoms with Gasteiger partial charge in [-0.15, -0.1) is 0 Å². The SMILES string of the molecule is N#Cc1ccc(C(F)(F)F)nc1NC1CCN(c2cccc(Cl)c2)C1=O. The summed E-state index contributed by atoms with van der Waals surface area (Å²) in [5, 5.41) is 12.2. The molecule has 1 aromatic carbocycles. The highest BCUT2D eigenvalue weighted by atomic mass is 35.5. The molecule has 1 unspecified atom stereocenters. The van der Waals surface area contributed by atoms with Crippen molar-refractivity contribution in [1.29, 1.82) is 5.26 Å². The predicted octanol–water partition coefficient (Wildman–Crippen LogP) is 3.84. The second-order valence-corrected chi connectivity index (χ2v) is 6.09. The van der Waals surface area contributed by atoms with Crippen LogP contribution in [0.1, 0.15) is 17.7 Å². The molecule has 0 bridgehead atoms. The van der Waals surface area contributed by atoms with Crippen LogP contribution in [-0.2, 0) is 11.0 Å². The fourth-order valence-electron chi connectivity index (χ4n) is 2.70. The quantitative estimate of drug-likeness (QED) is 0.878. The molecule has 0 radical (unpaired) electrons. The van der Waals surface area contributed by atoms with E-state index in [4.69, 9.17) is 16.9 Å². The number of hydrogen-bond donors (Lipinski definition) is 1. The average Bonchev–Trinajstić information content (AvgIpc) is 2.95. The average molecular weight is 381 g/mol. The van der Waals surface area contributed by atoms with Crippen molar-refractivity contribution in [3.05, 3.63) is 52.7 Å². The van der Waals surface area contributed by atoms with E-state index in [1.807, 2.05) is 0 Å². The lowest BCUT2D eigenvalue weighted by atomic mass is 10.2. The molecule has 1 amide bonds. The van der Waals surface area contributed by atoms with E-state index >= 15 is 0 Å². The standard InChI is InChI=1S/C17H12ClF3N4O/c18-11-2-1-3-12(8-11)25-7-6-13(16(25)26)23-15-10(9-22)4-5-14(24-15)17(19,20)21/h1-5,8,13H,6-7H2,(H,23,24). The third kappa shape index (κ3) is 3.58. The molecule has 1 atom stereocenters. The fraction of sp³-hybridized carbons (Fsp3) is 0.235. The van der Waals surface area contributed by atoms with Crippen molar-refractivity contribution in [2.75, 3.05) is 16.8 Å². The van der Waals surface area contributed by atoms with Gasteiger partial charge in [-0.05, 0) is 36.8 Å². The van der Waals surface area contributed by atoms with Gasteiger partial charge in [0.1, 0.15) is 23.6 Å². The van der Waals surface area contributed by atoms with Gasteiger partial charge in [0.15, 0.2) is 0 Å². The van der Waals surface area contributed by atoms with Gasteiger partial charge in [0, 0.05) is 17.3 Å². The van der Waals surface area contributed by atoms with Crippen LogP contribution >= 0.6 is 11.6 Å². The van der Waals surface area contributed by atoms with E-state index in [-0.39, 0.29) is 17.3 Å². The largest absolute Gasteiger partial charge is 0.433 e. The lowest BCUT2D eigenvalue weighted by Crippen LogP contribution is -2.34.